The first kappa shape index (κ1) is 28.4. The van der Waals surface area contributed by atoms with Crippen molar-refractivity contribution >= 4 is 15.6 Å². The van der Waals surface area contributed by atoms with Gasteiger partial charge in [-0.25, -0.2) is 17.9 Å². The van der Waals surface area contributed by atoms with Crippen LogP contribution >= 0.6 is 0 Å². The molecule has 1 atom stereocenters. The first-order valence-electron chi connectivity index (χ1n) is 9.40. The van der Waals surface area contributed by atoms with Crippen molar-refractivity contribution in [3.05, 3.63) is 60.0 Å². The zero-order chi connectivity index (χ0) is 22.3. The highest BCUT2D eigenvalue weighted by molar-refractivity contribution is 7.89. The highest BCUT2D eigenvalue weighted by Crippen LogP contribution is 2.23. The van der Waals surface area contributed by atoms with E-state index in [1.54, 1.807) is 19.1 Å². The van der Waals surface area contributed by atoms with Gasteiger partial charge < -0.3 is 4.74 Å². The average Bonchev–Trinajstić information content (AvgIpc) is 2.68. The quantitative estimate of drug-likeness (QED) is 0.556. The van der Waals surface area contributed by atoms with Gasteiger partial charge >= 0.3 is 0 Å². The first-order valence-corrected chi connectivity index (χ1v) is 10.9. The summed E-state index contributed by atoms with van der Waals surface area (Å²) in [6.07, 6.45) is 5.73. The number of rotatable bonds is 7. The summed E-state index contributed by atoms with van der Waals surface area (Å²) in [6.45, 7) is 14.8. The molecule has 0 aliphatic rings. The summed E-state index contributed by atoms with van der Waals surface area (Å²) in [6, 6.07) is 6.73. The van der Waals surface area contributed by atoms with E-state index in [1.165, 1.54) is 18.3 Å². The zero-order valence-corrected chi connectivity index (χ0v) is 19.1. The third-order valence-electron chi connectivity index (χ3n) is 3.72. The Balaban J connectivity index is 0. The molecule has 0 bridgehead atoms. The van der Waals surface area contributed by atoms with E-state index in [2.05, 4.69) is 24.3 Å². The molecule has 2 N–H and O–H groups in total. The molecule has 1 aromatic rings. The van der Waals surface area contributed by atoms with Crippen LogP contribution in [0.1, 0.15) is 59.9 Å². The molecule has 0 radical (unpaired) electrons. The fourth-order valence-corrected chi connectivity index (χ4v) is 2.43. The SMILES string of the molecule is C/C=C(C)/C=C(/CCC)c1ccc(S(N)(=O)=O)cc1.C=C(F)C(C)OC.CC. The van der Waals surface area contributed by atoms with Crippen molar-refractivity contribution in [3.8, 4) is 0 Å². The van der Waals surface area contributed by atoms with E-state index in [0.717, 1.165) is 18.4 Å². The smallest absolute Gasteiger partial charge is 0.238 e. The summed E-state index contributed by atoms with van der Waals surface area (Å²) in [5.41, 5.74) is 3.44. The second-order valence-electron chi connectivity index (χ2n) is 5.85. The molecule has 0 aliphatic heterocycles. The molecule has 6 heteroatoms. The Labute approximate surface area is 171 Å². The van der Waals surface area contributed by atoms with Gasteiger partial charge in [0, 0.05) is 7.11 Å². The lowest BCUT2D eigenvalue weighted by atomic mass is 9.99. The molecule has 4 nitrogen and oxygen atoms in total. The van der Waals surface area contributed by atoms with Gasteiger partial charge in [0.1, 0.15) is 11.9 Å². The maximum atomic E-state index is 11.8. The molecule has 28 heavy (non-hydrogen) atoms. The molecule has 0 spiro atoms. The van der Waals surface area contributed by atoms with Crippen LogP contribution in [0.3, 0.4) is 0 Å². The molecule has 0 aromatic heterocycles. The number of ether oxygens (including phenoxy) is 1. The van der Waals surface area contributed by atoms with Crippen LogP contribution in [0.15, 0.2) is 59.3 Å². The monoisotopic (exact) mass is 413 g/mol. The highest BCUT2D eigenvalue weighted by Gasteiger charge is 2.08. The van der Waals surface area contributed by atoms with Crippen LogP contribution < -0.4 is 5.14 Å². The van der Waals surface area contributed by atoms with Crippen molar-refractivity contribution in [1.29, 1.82) is 0 Å². The second-order valence-corrected chi connectivity index (χ2v) is 7.41. The van der Waals surface area contributed by atoms with Crippen LogP contribution in [0.25, 0.3) is 5.57 Å². The molecular formula is C22H36FNO3S. The normalized spacial score (nSPS) is 12.9. The number of allylic oxidation sites excluding steroid dienone is 4. The lowest BCUT2D eigenvalue weighted by Gasteiger charge is -2.08. The Bertz CT molecular complexity index is 736. The van der Waals surface area contributed by atoms with Gasteiger partial charge in [-0.3, -0.25) is 0 Å². The third kappa shape index (κ3) is 11.8. The molecule has 0 fully saturated rings. The molecule has 1 unspecified atom stereocenters. The number of hydrogen-bond donors (Lipinski definition) is 1. The summed E-state index contributed by atoms with van der Waals surface area (Å²) >= 11 is 0. The Morgan fingerprint density at radius 1 is 1.29 bits per heavy atom. The summed E-state index contributed by atoms with van der Waals surface area (Å²) in [5, 5.41) is 5.09. The Morgan fingerprint density at radius 3 is 2.07 bits per heavy atom. The number of halogens is 1. The van der Waals surface area contributed by atoms with Gasteiger partial charge in [-0.2, -0.15) is 0 Å². The van der Waals surface area contributed by atoms with E-state index in [-0.39, 0.29) is 4.90 Å². The van der Waals surface area contributed by atoms with Crippen LogP contribution in [0.5, 0.6) is 0 Å². The molecule has 0 aliphatic carbocycles. The highest BCUT2D eigenvalue weighted by atomic mass is 32.2. The number of hydrogen-bond acceptors (Lipinski definition) is 3. The van der Waals surface area contributed by atoms with Gasteiger partial charge in [0.05, 0.1) is 4.90 Å². The van der Waals surface area contributed by atoms with E-state index in [1.807, 2.05) is 45.9 Å². The number of primary sulfonamides is 1. The summed E-state index contributed by atoms with van der Waals surface area (Å²) < 4.78 is 38.7. The van der Waals surface area contributed by atoms with Crippen LogP contribution in [0.4, 0.5) is 4.39 Å². The largest absolute Gasteiger partial charge is 0.375 e. The van der Waals surface area contributed by atoms with Crippen molar-refractivity contribution in [2.75, 3.05) is 7.11 Å². The van der Waals surface area contributed by atoms with Crippen molar-refractivity contribution in [2.24, 2.45) is 5.14 Å². The van der Waals surface area contributed by atoms with Gasteiger partial charge in [0.25, 0.3) is 0 Å². The van der Waals surface area contributed by atoms with Gasteiger partial charge in [-0.05, 0) is 50.5 Å². The van der Waals surface area contributed by atoms with E-state index in [0.29, 0.717) is 0 Å². The van der Waals surface area contributed by atoms with Crippen molar-refractivity contribution < 1.29 is 17.5 Å². The fourth-order valence-electron chi connectivity index (χ4n) is 1.91. The van der Waals surface area contributed by atoms with Crippen LogP contribution in [0, 0.1) is 0 Å². The third-order valence-corrected chi connectivity index (χ3v) is 4.65. The number of benzene rings is 1. The van der Waals surface area contributed by atoms with E-state index in [4.69, 9.17) is 5.14 Å². The molecule has 1 rings (SSSR count). The molecule has 0 heterocycles. The van der Waals surface area contributed by atoms with Crippen molar-refractivity contribution in [2.45, 2.75) is 65.4 Å². The average molecular weight is 414 g/mol. The zero-order valence-electron chi connectivity index (χ0n) is 18.3. The molecule has 1 aromatic carbocycles. The molecular weight excluding hydrogens is 377 g/mol. The standard InChI is InChI=1S/C15H21NO2S.C5H9FO.C2H6/c1-4-6-14(11-12(3)5-2)13-7-9-15(10-8-13)19(16,17)18;1-4(6)5(2)7-3;1-2/h5,7-11H,4,6H2,1-3H3,(H2,16,17,18);5H,1H2,2-3H3;1-2H3/b12-5+,14-11-;;. The summed E-state index contributed by atoms with van der Waals surface area (Å²) in [5.74, 6) is -0.428. The van der Waals surface area contributed by atoms with Crippen LogP contribution in [0.2, 0.25) is 0 Å². The van der Waals surface area contributed by atoms with E-state index < -0.39 is 22.0 Å². The lowest BCUT2D eigenvalue weighted by Crippen LogP contribution is -2.11. The minimum atomic E-state index is -3.62. The molecule has 0 saturated heterocycles. The Morgan fingerprint density at radius 2 is 1.79 bits per heavy atom. The van der Waals surface area contributed by atoms with Crippen LogP contribution in [-0.2, 0) is 14.8 Å². The van der Waals surface area contributed by atoms with Gasteiger partial charge in [0.15, 0.2) is 0 Å². The summed E-state index contributed by atoms with van der Waals surface area (Å²) in [4.78, 5) is 0.148. The second kappa shape index (κ2) is 15.2. The molecule has 0 amide bonds. The van der Waals surface area contributed by atoms with E-state index >= 15 is 0 Å². The minimum absolute atomic E-state index is 0.148. The van der Waals surface area contributed by atoms with Gasteiger partial charge in [0.2, 0.25) is 10.0 Å². The molecule has 160 valence electrons. The lowest BCUT2D eigenvalue weighted by molar-refractivity contribution is 0.128. The van der Waals surface area contributed by atoms with Crippen LogP contribution in [-0.4, -0.2) is 21.6 Å². The van der Waals surface area contributed by atoms with Gasteiger partial charge in [-0.15, -0.1) is 0 Å². The fraction of sp³-hybridized carbons (Fsp3) is 0.455. The molecule has 0 saturated carbocycles. The maximum Gasteiger partial charge on any atom is 0.238 e. The first-order chi connectivity index (χ1) is 13.1. The number of nitrogens with two attached hydrogens (primary N) is 1. The Kier molecular flexibility index (Phi) is 15.4. The Hall–Kier alpha value is -1.76. The summed E-state index contributed by atoms with van der Waals surface area (Å²) in [7, 11) is -2.18. The van der Waals surface area contributed by atoms with Crippen molar-refractivity contribution in [1.82, 2.24) is 0 Å². The predicted molar refractivity (Wildman–Crippen MR) is 118 cm³/mol. The number of methoxy groups -OCH3 is 1. The van der Waals surface area contributed by atoms with Gasteiger partial charge in [-0.1, -0.05) is 63.6 Å². The topological polar surface area (TPSA) is 69.4 Å². The van der Waals surface area contributed by atoms with Crippen molar-refractivity contribution in [3.63, 3.8) is 0 Å². The minimum Gasteiger partial charge on any atom is -0.375 e. The number of sulfonamides is 1. The van der Waals surface area contributed by atoms with E-state index in [9.17, 15) is 12.8 Å². The predicted octanol–water partition coefficient (Wildman–Crippen LogP) is 6.01. The maximum absolute atomic E-state index is 11.8.